The highest BCUT2D eigenvalue weighted by Gasteiger charge is 2.18. The normalized spacial score (nSPS) is 14.8. The van der Waals surface area contributed by atoms with Crippen molar-refractivity contribution in [2.24, 2.45) is 0 Å². The second-order valence-electron chi connectivity index (χ2n) is 4.06. The third kappa shape index (κ3) is 2.82. The van der Waals surface area contributed by atoms with Crippen LogP contribution >= 0.6 is 11.6 Å². The van der Waals surface area contributed by atoms with Crippen LogP contribution in [-0.4, -0.2) is 12.6 Å². The number of ether oxygens (including phenoxy) is 1. The number of halogens is 1. The molecule has 0 N–H and O–H groups in total. The average molecular weight is 263 g/mol. The van der Waals surface area contributed by atoms with Gasteiger partial charge in [0.15, 0.2) is 0 Å². The molecular weight excluding hydrogens is 248 g/mol. The van der Waals surface area contributed by atoms with Crippen molar-refractivity contribution in [2.45, 2.75) is 19.8 Å². The van der Waals surface area contributed by atoms with E-state index in [0.29, 0.717) is 11.6 Å². The van der Waals surface area contributed by atoms with Gasteiger partial charge in [0.1, 0.15) is 0 Å². The van der Waals surface area contributed by atoms with E-state index >= 15 is 0 Å². The summed E-state index contributed by atoms with van der Waals surface area (Å²) >= 11 is 5.87. The summed E-state index contributed by atoms with van der Waals surface area (Å²) in [6.07, 6.45) is 5.67. The molecule has 0 bridgehead atoms. The quantitative estimate of drug-likeness (QED) is 0.770. The molecule has 0 heterocycles. The Morgan fingerprint density at radius 2 is 2.06 bits per heavy atom. The molecule has 0 amide bonds. The number of rotatable bonds is 3. The summed E-state index contributed by atoms with van der Waals surface area (Å²) in [6, 6.07) is 7.50. The van der Waals surface area contributed by atoms with Crippen molar-refractivity contribution in [1.82, 2.24) is 0 Å². The zero-order valence-corrected chi connectivity index (χ0v) is 11.0. The number of carbonyl (C=O) groups is 1. The minimum atomic E-state index is -0.216. The van der Waals surface area contributed by atoms with E-state index in [2.05, 4.69) is 6.08 Å². The highest BCUT2D eigenvalue weighted by atomic mass is 35.5. The van der Waals surface area contributed by atoms with Crippen molar-refractivity contribution < 1.29 is 9.53 Å². The SMILES string of the molecule is CCOC(=O)C1=C(c2ccc(Cl)cc2)C=CCC1. The second kappa shape index (κ2) is 5.87. The van der Waals surface area contributed by atoms with E-state index in [1.54, 1.807) is 0 Å². The fourth-order valence-corrected chi connectivity index (χ4v) is 2.12. The molecule has 0 spiro atoms. The molecule has 0 fully saturated rings. The molecule has 1 aromatic carbocycles. The van der Waals surface area contributed by atoms with Crippen molar-refractivity contribution in [1.29, 1.82) is 0 Å². The lowest BCUT2D eigenvalue weighted by atomic mass is 9.92. The maximum atomic E-state index is 11.9. The van der Waals surface area contributed by atoms with Gasteiger partial charge in [-0.25, -0.2) is 4.79 Å². The van der Waals surface area contributed by atoms with Crippen LogP contribution in [0.4, 0.5) is 0 Å². The molecule has 0 radical (unpaired) electrons. The van der Waals surface area contributed by atoms with Crippen molar-refractivity contribution in [3.8, 4) is 0 Å². The molecule has 1 aliphatic carbocycles. The lowest BCUT2D eigenvalue weighted by Gasteiger charge is -2.15. The van der Waals surface area contributed by atoms with Crippen LogP contribution in [0.3, 0.4) is 0 Å². The standard InChI is InChI=1S/C15H15ClO2/c1-2-18-15(17)14-6-4-3-5-13(14)11-7-9-12(16)10-8-11/h3,5,7-10H,2,4,6H2,1H3. The first-order valence-corrected chi connectivity index (χ1v) is 6.43. The highest BCUT2D eigenvalue weighted by molar-refractivity contribution is 6.30. The zero-order valence-electron chi connectivity index (χ0n) is 10.3. The molecule has 0 atom stereocenters. The Morgan fingerprint density at radius 3 is 2.72 bits per heavy atom. The molecule has 0 saturated carbocycles. The fourth-order valence-electron chi connectivity index (χ4n) is 1.99. The number of benzene rings is 1. The van der Waals surface area contributed by atoms with Crippen molar-refractivity contribution in [3.63, 3.8) is 0 Å². The van der Waals surface area contributed by atoms with Crippen LogP contribution in [0, 0.1) is 0 Å². The maximum absolute atomic E-state index is 11.9. The van der Waals surface area contributed by atoms with Crippen LogP contribution in [0.25, 0.3) is 5.57 Å². The summed E-state index contributed by atoms with van der Waals surface area (Å²) < 4.78 is 5.10. The van der Waals surface area contributed by atoms with Crippen LogP contribution in [-0.2, 0) is 9.53 Å². The molecule has 1 aliphatic rings. The van der Waals surface area contributed by atoms with Gasteiger partial charge in [-0.2, -0.15) is 0 Å². The number of hydrogen-bond donors (Lipinski definition) is 0. The smallest absolute Gasteiger partial charge is 0.334 e. The monoisotopic (exact) mass is 262 g/mol. The van der Waals surface area contributed by atoms with Crippen LogP contribution in [0.1, 0.15) is 25.3 Å². The molecule has 3 heteroatoms. The second-order valence-corrected chi connectivity index (χ2v) is 4.50. The lowest BCUT2D eigenvalue weighted by Crippen LogP contribution is -2.11. The van der Waals surface area contributed by atoms with Gasteiger partial charge in [0.25, 0.3) is 0 Å². The first kappa shape index (κ1) is 12.9. The minimum Gasteiger partial charge on any atom is -0.463 e. The molecule has 1 aromatic rings. The van der Waals surface area contributed by atoms with E-state index < -0.39 is 0 Å². The number of allylic oxidation sites excluding steroid dienone is 3. The molecule has 0 saturated heterocycles. The topological polar surface area (TPSA) is 26.3 Å². The van der Waals surface area contributed by atoms with Gasteiger partial charge in [-0.05, 0) is 43.0 Å². The molecule has 2 nitrogen and oxygen atoms in total. The number of esters is 1. The molecule has 2 rings (SSSR count). The predicted octanol–water partition coefficient (Wildman–Crippen LogP) is 4.01. The van der Waals surface area contributed by atoms with Gasteiger partial charge >= 0.3 is 5.97 Å². The van der Waals surface area contributed by atoms with E-state index in [4.69, 9.17) is 16.3 Å². The third-order valence-electron chi connectivity index (χ3n) is 2.85. The first-order valence-electron chi connectivity index (χ1n) is 6.05. The van der Waals surface area contributed by atoms with Crippen LogP contribution in [0.15, 0.2) is 42.0 Å². The fraction of sp³-hybridized carbons (Fsp3) is 0.267. The van der Waals surface area contributed by atoms with Gasteiger partial charge in [0, 0.05) is 10.6 Å². The van der Waals surface area contributed by atoms with E-state index in [1.807, 2.05) is 37.3 Å². The summed E-state index contributed by atoms with van der Waals surface area (Å²) in [5.74, 6) is -0.216. The Labute approximate surface area is 112 Å². The van der Waals surface area contributed by atoms with Gasteiger partial charge in [0.2, 0.25) is 0 Å². The van der Waals surface area contributed by atoms with E-state index in [0.717, 1.165) is 29.6 Å². The van der Waals surface area contributed by atoms with Gasteiger partial charge in [-0.1, -0.05) is 35.9 Å². The molecule has 94 valence electrons. The lowest BCUT2D eigenvalue weighted by molar-refractivity contribution is -0.138. The predicted molar refractivity (Wildman–Crippen MR) is 73.4 cm³/mol. The molecule has 0 aliphatic heterocycles. The largest absolute Gasteiger partial charge is 0.463 e. The van der Waals surface area contributed by atoms with E-state index in [1.165, 1.54) is 0 Å². The summed E-state index contributed by atoms with van der Waals surface area (Å²) in [5.41, 5.74) is 2.69. The zero-order chi connectivity index (χ0) is 13.0. The van der Waals surface area contributed by atoms with Crippen molar-refractivity contribution in [2.75, 3.05) is 6.61 Å². The average Bonchev–Trinajstić information content (AvgIpc) is 2.40. The van der Waals surface area contributed by atoms with Crippen LogP contribution in [0.2, 0.25) is 5.02 Å². The Morgan fingerprint density at radius 1 is 1.33 bits per heavy atom. The van der Waals surface area contributed by atoms with Crippen molar-refractivity contribution in [3.05, 3.63) is 52.6 Å². The molecule has 0 unspecified atom stereocenters. The minimum absolute atomic E-state index is 0.216. The van der Waals surface area contributed by atoms with Crippen LogP contribution in [0.5, 0.6) is 0 Å². The number of carbonyl (C=O) groups excluding carboxylic acids is 1. The van der Waals surface area contributed by atoms with E-state index in [9.17, 15) is 4.79 Å². The van der Waals surface area contributed by atoms with Crippen LogP contribution < -0.4 is 0 Å². The Kier molecular flexibility index (Phi) is 4.21. The Hall–Kier alpha value is -1.54. The van der Waals surface area contributed by atoms with E-state index in [-0.39, 0.29) is 5.97 Å². The van der Waals surface area contributed by atoms with Crippen molar-refractivity contribution >= 4 is 23.1 Å². The van der Waals surface area contributed by atoms with Gasteiger partial charge in [0.05, 0.1) is 6.61 Å². The first-order chi connectivity index (χ1) is 8.72. The Bertz CT molecular complexity index is 498. The summed E-state index contributed by atoms with van der Waals surface area (Å²) in [6.45, 7) is 2.22. The molecule has 0 aromatic heterocycles. The maximum Gasteiger partial charge on any atom is 0.334 e. The van der Waals surface area contributed by atoms with Gasteiger partial charge in [-0.3, -0.25) is 0 Å². The highest BCUT2D eigenvalue weighted by Crippen LogP contribution is 2.29. The third-order valence-corrected chi connectivity index (χ3v) is 3.10. The molecular formula is C15H15ClO2. The number of hydrogen-bond acceptors (Lipinski definition) is 2. The summed E-state index contributed by atoms with van der Waals surface area (Å²) in [5, 5.41) is 0.692. The van der Waals surface area contributed by atoms with Gasteiger partial charge in [-0.15, -0.1) is 0 Å². The Balaban J connectivity index is 2.39. The summed E-state index contributed by atoms with van der Waals surface area (Å²) in [7, 11) is 0. The van der Waals surface area contributed by atoms with Gasteiger partial charge < -0.3 is 4.74 Å². The molecule has 18 heavy (non-hydrogen) atoms. The summed E-state index contributed by atoms with van der Waals surface area (Å²) in [4.78, 5) is 11.9.